The van der Waals surface area contributed by atoms with Crippen LogP contribution in [0.5, 0.6) is 0 Å². The Hall–Kier alpha value is -1.23. The van der Waals surface area contributed by atoms with Crippen LogP contribution in [0.4, 0.5) is 0 Å². The van der Waals surface area contributed by atoms with Crippen molar-refractivity contribution in [2.24, 2.45) is 0 Å². The summed E-state index contributed by atoms with van der Waals surface area (Å²) in [6, 6.07) is 8.92. The molecule has 3 rings (SSSR count). The molecule has 4 heteroatoms. The van der Waals surface area contributed by atoms with E-state index in [4.69, 9.17) is 9.72 Å². The van der Waals surface area contributed by atoms with E-state index in [1.165, 1.54) is 41.0 Å². The third-order valence-corrected chi connectivity index (χ3v) is 4.97. The van der Waals surface area contributed by atoms with Gasteiger partial charge in [0.25, 0.3) is 0 Å². The van der Waals surface area contributed by atoms with Crippen LogP contribution in [-0.2, 0) is 17.8 Å². The fraction of sp³-hybridized carbons (Fsp3) is 0.438. The van der Waals surface area contributed by atoms with Crippen molar-refractivity contribution in [3.8, 4) is 10.6 Å². The standard InChI is InChI=1S/C16H20N2OS/c1-17-13-7-4-8-14-15(13)18-16(20-14)12-6-3-5-11(9-12)10-19-2/h3,5-6,9,13,17H,4,7-8,10H2,1-2H3. The smallest absolute Gasteiger partial charge is 0.123 e. The first-order valence-electron chi connectivity index (χ1n) is 7.07. The predicted molar refractivity (Wildman–Crippen MR) is 83.0 cm³/mol. The molecule has 106 valence electrons. The highest BCUT2D eigenvalue weighted by Gasteiger charge is 2.23. The predicted octanol–water partition coefficient (Wildman–Crippen LogP) is 3.55. The van der Waals surface area contributed by atoms with Gasteiger partial charge in [-0.3, -0.25) is 0 Å². The molecule has 1 aromatic heterocycles. The molecular formula is C16H20N2OS. The second kappa shape index (κ2) is 6.04. The van der Waals surface area contributed by atoms with Gasteiger partial charge in [0.05, 0.1) is 18.3 Å². The Morgan fingerprint density at radius 1 is 1.45 bits per heavy atom. The minimum atomic E-state index is 0.422. The lowest BCUT2D eigenvalue weighted by Gasteiger charge is -2.19. The molecule has 1 N–H and O–H groups in total. The molecule has 0 saturated carbocycles. The van der Waals surface area contributed by atoms with E-state index < -0.39 is 0 Å². The molecule has 3 nitrogen and oxygen atoms in total. The number of aromatic nitrogens is 1. The number of ether oxygens (including phenoxy) is 1. The van der Waals surface area contributed by atoms with Crippen LogP contribution in [0.15, 0.2) is 24.3 Å². The molecule has 1 unspecified atom stereocenters. The van der Waals surface area contributed by atoms with Gasteiger partial charge in [-0.2, -0.15) is 0 Å². The Morgan fingerprint density at radius 3 is 3.15 bits per heavy atom. The number of hydrogen-bond donors (Lipinski definition) is 1. The van der Waals surface area contributed by atoms with Crippen molar-refractivity contribution in [1.29, 1.82) is 0 Å². The Kier molecular flexibility index (Phi) is 4.15. The number of hydrogen-bond acceptors (Lipinski definition) is 4. The Balaban J connectivity index is 1.95. The number of fused-ring (bicyclic) bond motifs is 1. The van der Waals surface area contributed by atoms with E-state index in [0.29, 0.717) is 12.6 Å². The minimum Gasteiger partial charge on any atom is -0.380 e. The summed E-state index contributed by atoms with van der Waals surface area (Å²) in [7, 11) is 3.75. The maximum Gasteiger partial charge on any atom is 0.123 e. The number of aryl methyl sites for hydroxylation is 1. The molecule has 1 heterocycles. The summed E-state index contributed by atoms with van der Waals surface area (Å²) in [6.07, 6.45) is 3.61. The molecule has 0 spiro atoms. The largest absolute Gasteiger partial charge is 0.380 e. The number of methoxy groups -OCH3 is 1. The maximum atomic E-state index is 5.21. The summed E-state index contributed by atoms with van der Waals surface area (Å²) >= 11 is 1.84. The maximum absolute atomic E-state index is 5.21. The lowest BCUT2D eigenvalue weighted by atomic mass is 9.98. The van der Waals surface area contributed by atoms with Gasteiger partial charge in [-0.1, -0.05) is 18.2 Å². The van der Waals surface area contributed by atoms with E-state index in [0.717, 1.165) is 5.01 Å². The van der Waals surface area contributed by atoms with Gasteiger partial charge in [-0.05, 0) is 37.9 Å². The van der Waals surface area contributed by atoms with Crippen molar-refractivity contribution in [3.63, 3.8) is 0 Å². The van der Waals surface area contributed by atoms with E-state index >= 15 is 0 Å². The first-order chi connectivity index (χ1) is 9.81. The second-order valence-electron chi connectivity index (χ2n) is 5.19. The van der Waals surface area contributed by atoms with E-state index in [9.17, 15) is 0 Å². The van der Waals surface area contributed by atoms with Gasteiger partial charge >= 0.3 is 0 Å². The molecule has 1 atom stereocenters. The van der Waals surface area contributed by atoms with Crippen LogP contribution in [0.2, 0.25) is 0 Å². The Labute approximate surface area is 124 Å². The second-order valence-corrected chi connectivity index (χ2v) is 6.28. The molecule has 0 bridgehead atoms. The summed E-state index contributed by atoms with van der Waals surface area (Å²) in [5, 5.41) is 4.52. The average Bonchev–Trinajstić information content (AvgIpc) is 2.92. The van der Waals surface area contributed by atoms with Crippen molar-refractivity contribution >= 4 is 11.3 Å². The van der Waals surface area contributed by atoms with E-state index in [1.807, 2.05) is 18.4 Å². The molecule has 0 saturated heterocycles. The number of nitrogens with zero attached hydrogens (tertiary/aromatic N) is 1. The summed E-state index contributed by atoms with van der Waals surface area (Å²) in [5.74, 6) is 0. The average molecular weight is 288 g/mol. The van der Waals surface area contributed by atoms with Crippen LogP contribution < -0.4 is 5.32 Å². The number of benzene rings is 1. The van der Waals surface area contributed by atoms with Crippen LogP contribution in [0, 0.1) is 0 Å². The molecule has 1 aliphatic carbocycles. The van der Waals surface area contributed by atoms with E-state index in [-0.39, 0.29) is 0 Å². The number of nitrogens with one attached hydrogen (secondary N) is 1. The highest BCUT2D eigenvalue weighted by molar-refractivity contribution is 7.15. The molecule has 0 aliphatic heterocycles. The van der Waals surface area contributed by atoms with Gasteiger partial charge < -0.3 is 10.1 Å². The zero-order chi connectivity index (χ0) is 13.9. The molecule has 0 amide bonds. The van der Waals surface area contributed by atoms with E-state index in [2.05, 4.69) is 29.6 Å². The van der Waals surface area contributed by atoms with E-state index in [1.54, 1.807) is 7.11 Å². The summed E-state index contributed by atoms with van der Waals surface area (Å²) in [4.78, 5) is 6.34. The lowest BCUT2D eigenvalue weighted by molar-refractivity contribution is 0.185. The minimum absolute atomic E-state index is 0.422. The number of rotatable bonds is 4. The zero-order valence-electron chi connectivity index (χ0n) is 12.0. The topological polar surface area (TPSA) is 34.1 Å². The highest BCUT2D eigenvalue weighted by Crippen LogP contribution is 2.37. The first kappa shape index (κ1) is 13.7. The van der Waals surface area contributed by atoms with Crippen molar-refractivity contribution in [3.05, 3.63) is 40.4 Å². The van der Waals surface area contributed by atoms with Crippen molar-refractivity contribution in [1.82, 2.24) is 10.3 Å². The Bertz CT molecular complexity index is 594. The van der Waals surface area contributed by atoms with Gasteiger partial charge in [0.1, 0.15) is 5.01 Å². The molecular weight excluding hydrogens is 268 g/mol. The highest BCUT2D eigenvalue weighted by atomic mass is 32.1. The fourth-order valence-corrected chi connectivity index (χ4v) is 3.94. The molecule has 1 aromatic carbocycles. The summed E-state index contributed by atoms with van der Waals surface area (Å²) < 4.78 is 5.21. The zero-order valence-corrected chi connectivity index (χ0v) is 12.8. The van der Waals surface area contributed by atoms with Crippen LogP contribution in [0.25, 0.3) is 10.6 Å². The fourth-order valence-electron chi connectivity index (χ4n) is 2.78. The molecule has 2 aromatic rings. The first-order valence-corrected chi connectivity index (χ1v) is 7.88. The van der Waals surface area contributed by atoms with Crippen molar-refractivity contribution in [2.45, 2.75) is 31.9 Å². The molecule has 1 aliphatic rings. The van der Waals surface area contributed by atoms with Gasteiger partial charge in [0.2, 0.25) is 0 Å². The monoisotopic (exact) mass is 288 g/mol. The van der Waals surface area contributed by atoms with Crippen molar-refractivity contribution in [2.75, 3.05) is 14.2 Å². The molecule has 20 heavy (non-hydrogen) atoms. The van der Waals surface area contributed by atoms with Crippen LogP contribution in [0.1, 0.15) is 35.0 Å². The quantitative estimate of drug-likeness (QED) is 0.934. The lowest BCUT2D eigenvalue weighted by Crippen LogP contribution is -2.21. The van der Waals surface area contributed by atoms with Gasteiger partial charge in [-0.25, -0.2) is 4.98 Å². The normalized spacial score (nSPS) is 18.0. The van der Waals surface area contributed by atoms with Gasteiger partial charge in [0.15, 0.2) is 0 Å². The van der Waals surface area contributed by atoms with Crippen molar-refractivity contribution < 1.29 is 4.74 Å². The summed E-state index contributed by atoms with van der Waals surface area (Å²) in [5.41, 5.74) is 3.66. The summed E-state index contributed by atoms with van der Waals surface area (Å²) in [6.45, 7) is 0.651. The van der Waals surface area contributed by atoms with Crippen LogP contribution >= 0.6 is 11.3 Å². The SMILES string of the molecule is CNC1CCCc2sc(-c3cccc(COC)c3)nc21. The van der Waals surface area contributed by atoms with Gasteiger partial charge in [-0.15, -0.1) is 11.3 Å². The number of thiazole rings is 1. The van der Waals surface area contributed by atoms with Gasteiger partial charge in [0, 0.05) is 17.6 Å². The van der Waals surface area contributed by atoms with Crippen LogP contribution in [-0.4, -0.2) is 19.1 Å². The third kappa shape index (κ3) is 2.64. The Morgan fingerprint density at radius 2 is 2.35 bits per heavy atom. The third-order valence-electron chi connectivity index (χ3n) is 3.79. The molecule has 0 radical (unpaired) electrons. The van der Waals surface area contributed by atoms with Crippen LogP contribution in [0.3, 0.4) is 0 Å². The molecule has 0 fully saturated rings.